The van der Waals surface area contributed by atoms with Gasteiger partial charge in [-0.05, 0) is 12.8 Å². The largest absolute Gasteiger partial charge is 0.481 e. The minimum atomic E-state index is -0.985. The molecule has 20 heavy (non-hydrogen) atoms. The maximum absolute atomic E-state index is 12.1. The number of nitrogens with zero attached hydrogens (tertiary/aromatic N) is 1. The molecule has 0 aliphatic rings. The molecule has 6 heteroatoms. The summed E-state index contributed by atoms with van der Waals surface area (Å²) in [6.45, 7) is 5.41. The Balaban J connectivity index is 2.98. The van der Waals surface area contributed by atoms with Gasteiger partial charge in [0, 0.05) is 31.0 Å². The van der Waals surface area contributed by atoms with Crippen molar-refractivity contribution in [3.63, 3.8) is 0 Å². The number of nitrogens with one attached hydrogen (secondary N) is 1. The lowest BCUT2D eigenvalue weighted by molar-refractivity contribution is -0.137. The van der Waals surface area contributed by atoms with E-state index in [2.05, 4.69) is 5.32 Å². The third-order valence-corrected chi connectivity index (χ3v) is 3.24. The number of carbonyl (C=O) groups is 2. The molecule has 110 valence electrons. The van der Waals surface area contributed by atoms with Gasteiger partial charge < -0.3 is 15.0 Å². The molecule has 1 atom stereocenters. The summed E-state index contributed by atoms with van der Waals surface area (Å²) in [6.07, 6.45) is 1.29. The SMILES string of the molecule is Cc1cc(=O)c(C(=O)N[C@H](CC(=O)O)C(C)C)cn1C. The zero-order chi connectivity index (χ0) is 15.4. The molecule has 1 aromatic rings. The molecule has 6 nitrogen and oxygen atoms in total. The van der Waals surface area contributed by atoms with Gasteiger partial charge in [-0.1, -0.05) is 13.8 Å². The van der Waals surface area contributed by atoms with E-state index in [-0.39, 0.29) is 23.3 Å². The van der Waals surface area contributed by atoms with E-state index < -0.39 is 17.9 Å². The molecule has 1 amide bonds. The summed E-state index contributed by atoms with van der Waals surface area (Å²) in [5.74, 6) is -1.56. The average molecular weight is 280 g/mol. The number of aliphatic carboxylic acids is 1. The van der Waals surface area contributed by atoms with Crippen molar-refractivity contribution in [1.29, 1.82) is 0 Å². The van der Waals surface area contributed by atoms with Crippen LogP contribution >= 0.6 is 0 Å². The maximum atomic E-state index is 12.1. The van der Waals surface area contributed by atoms with Crippen LogP contribution in [-0.4, -0.2) is 27.6 Å². The van der Waals surface area contributed by atoms with Gasteiger partial charge in [-0.3, -0.25) is 14.4 Å². The van der Waals surface area contributed by atoms with Crippen LogP contribution in [0.25, 0.3) is 0 Å². The number of rotatable bonds is 5. The number of hydrogen-bond acceptors (Lipinski definition) is 3. The summed E-state index contributed by atoms with van der Waals surface area (Å²) in [4.78, 5) is 34.7. The van der Waals surface area contributed by atoms with Crippen molar-refractivity contribution in [3.8, 4) is 0 Å². The summed E-state index contributed by atoms with van der Waals surface area (Å²) in [5, 5.41) is 11.5. The Morgan fingerprint density at radius 1 is 1.40 bits per heavy atom. The Morgan fingerprint density at radius 2 is 2.00 bits per heavy atom. The van der Waals surface area contributed by atoms with E-state index in [9.17, 15) is 14.4 Å². The van der Waals surface area contributed by atoms with E-state index in [1.165, 1.54) is 12.3 Å². The van der Waals surface area contributed by atoms with E-state index in [1.54, 1.807) is 18.5 Å². The Hall–Kier alpha value is -2.11. The first-order valence-corrected chi connectivity index (χ1v) is 6.42. The third kappa shape index (κ3) is 3.94. The molecular formula is C14H20N2O4. The van der Waals surface area contributed by atoms with Gasteiger partial charge in [0.25, 0.3) is 5.91 Å². The quantitative estimate of drug-likeness (QED) is 0.839. The molecule has 0 spiro atoms. The van der Waals surface area contributed by atoms with Crippen LogP contribution in [0.3, 0.4) is 0 Å². The van der Waals surface area contributed by atoms with Crippen LogP contribution in [0, 0.1) is 12.8 Å². The minimum Gasteiger partial charge on any atom is -0.481 e. The number of hydrogen-bond donors (Lipinski definition) is 2. The van der Waals surface area contributed by atoms with Gasteiger partial charge in [-0.15, -0.1) is 0 Å². The summed E-state index contributed by atoms with van der Waals surface area (Å²) < 4.78 is 1.68. The highest BCUT2D eigenvalue weighted by atomic mass is 16.4. The van der Waals surface area contributed by atoms with E-state index in [1.807, 2.05) is 13.8 Å². The van der Waals surface area contributed by atoms with Crippen LogP contribution in [0.5, 0.6) is 0 Å². The van der Waals surface area contributed by atoms with Crippen molar-refractivity contribution in [3.05, 3.63) is 33.7 Å². The smallest absolute Gasteiger partial charge is 0.305 e. The standard InChI is InChI=1S/C14H20N2O4/c1-8(2)11(6-13(18)19)15-14(20)10-7-16(4)9(3)5-12(10)17/h5,7-8,11H,6H2,1-4H3,(H,15,20)(H,18,19)/t11-/m1/s1. The maximum Gasteiger partial charge on any atom is 0.305 e. The minimum absolute atomic E-state index is 0.0224. The highest BCUT2D eigenvalue weighted by molar-refractivity contribution is 5.94. The van der Waals surface area contributed by atoms with E-state index in [0.717, 1.165) is 5.69 Å². The molecule has 0 saturated heterocycles. The van der Waals surface area contributed by atoms with Gasteiger partial charge in [-0.2, -0.15) is 0 Å². The molecule has 0 aliphatic carbocycles. The van der Waals surface area contributed by atoms with Gasteiger partial charge in [0.2, 0.25) is 0 Å². The second kappa shape index (κ2) is 6.36. The van der Waals surface area contributed by atoms with Crippen LogP contribution in [0.4, 0.5) is 0 Å². The van der Waals surface area contributed by atoms with Gasteiger partial charge in [-0.25, -0.2) is 0 Å². The number of carboxylic acid groups (broad SMARTS) is 1. The van der Waals surface area contributed by atoms with Crippen molar-refractivity contribution in [2.75, 3.05) is 0 Å². The molecule has 0 unspecified atom stereocenters. The van der Waals surface area contributed by atoms with E-state index in [4.69, 9.17) is 5.11 Å². The van der Waals surface area contributed by atoms with Gasteiger partial charge in [0.05, 0.1) is 6.42 Å². The van der Waals surface area contributed by atoms with Crippen molar-refractivity contribution in [2.24, 2.45) is 13.0 Å². The molecule has 0 bridgehead atoms. The molecule has 1 rings (SSSR count). The topological polar surface area (TPSA) is 88.4 Å². The van der Waals surface area contributed by atoms with Gasteiger partial charge in [0.15, 0.2) is 5.43 Å². The van der Waals surface area contributed by atoms with E-state index in [0.29, 0.717) is 0 Å². The number of amides is 1. The number of pyridine rings is 1. The fourth-order valence-electron chi connectivity index (χ4n) is 1.79. The van der Waals surface area contributed by atoms with Crippen LogP contribution in [0.15, 0.2) is 17.1 Å². The molecule has 1 aromatic heterocycles. The fourth-order valence-corrected chi connectivity index (χ4v) is 1.79. The highest BCUT2D eigenvalue weighted by Gasteiger charge is 2.21. The lowest BCUT2D eigenvalue weighted by Crippen LogP contribution is -2.41. The molecule has 0 aliphatic heterocycles. The third-order valence-electron chi connectivity index (χ3n) is 3.24. The lowest BCUT2D eigenvalue weighted by atomic mass is 10.0. The molecule has 0 radical (unpaired) electrons. The van der Waals surface area contributed by atoms with Crippen molar-refractivity contribution < 1.29 is 14.7 Å². The number of aromatic nitrogens is 1. The van der Waals surface area contributed by atoms with Crippen LogP contribution in [0.2, 0.25) is 0 Å². The van der Waals surface area contributed by atoms with Crippen LogP contribution < -0.4 is 10.7 Å². The monoisotopic (exact) mass is 280 g/mol. The predicted molar refractivity (Wildman–Crippen MR) is 74.8 cm³/mol. The van der Waals surface area contributed by atoms with E-state index >= 15 is 0 Å². The number of aryl methyl sites for hydroxylation is 2. The molecule has 0 fully saturated rings. The van der Waals surface area contributed by atoms with Crippen molar-refractivity contribution in [1.82, 2.24) is 9.88 Å². The van der Waals surface area contributed by atoms with Crippen LogP contribution in [0.1, 0.15) is 36.3 Å². The second-order valence-electron chi connectivity index (χ2n) is 5.23. The first kappa shape index (κ1) is 15.9. The Bertz CT molecular complexity index is 575. The highest BCUT2D eigenvalue weighted by Crippen LogP contribution is 2.07. The Morgan fingerprint density at radius 3 is 2.50 bits per heavy atom. The molecular weight excluding hydrogens is 260 g/mol. The predicted octanol–water partition coefficient (Wildman–Crippen LogP) is 0.923. The molecule has 0 saturated carbocycles. The summed E-state index contributed by atoms with van der Waals surface area (Å²) in [7, 11) is 1.74. The van der Waals surface area contributed by atoms with Crippen molar-refractivity contribution in [2.45, 2.75) is 33.2 Å². The number of carbonyl (C=O) groups excluding carboxylic acids is 1. The van der Waals surface area contributed by atoms with Gasteiger partial charge in [0.1, 0.15) is 5.56 Å². The normalized spacial score (nSPS) is 12.2. The lowest BCUT2D eigenvalue weighted by Gasteiger charge is -2.20. The molecule has 0 aromatic carbocycles. The van der Waals surface area contributed by atoms with Crippen molar-refractivity contribution >= 4 is 11.9 Å². The average Bonchev–Trinajstić information content (AvgIpc) is 2.32. The zero-order valence-corrected chi connectivity index (χ0v) is 12.1. The second-order valence-corrected chi connectivity index (χ2v) is 5.23. The summed E-state index contributed by atoms with van der Waals surface area (Å²) >= 11 is 0. The van der Waals surface area contributed by atoms with Crippen LogP contribution in [-0.2, 0) is 11.8 Å². The summed E-state index contributed by atoms with van der Waals surface area (Å²) in [5.41, 5.74) is 0.405. The fraction of sp³-hybridized carbons (Fsp3) is 0.500. The Kier molecular flexibility index (Phi) is 5.07. The Labute approximate surface area is 117 Å². The van der Waals surface area contributed by atoms with Gasteiger partial charge >= 0.3 is 5.97 Å². The first-order chi connectivity index (χ1) is 9.22. The number of carboxylic acids is 1. The molecule has 2 N–H and O–H groups in total. The molecule has 1 heterocycles. The first-order valence-electron chi connectivity index (χ1n) is 6.42. The summed E-state index contributed by atoms with van der Waals surface area (Å²) in [6, 6.07) is 0.877. The zero-order valence-electron chi connectivity index (χ0n) is 12.1.